The lowest BCUT2D eigenvalue weighted by Gasteiger charge is -2.25. The molecule has 5 nitrogen and oxygen atoms in total. The van der Waals surface area contributed by atoms with Gasteiger partial charge < -0.3 is 15.3 Å². The van der Waals surface area contributed by atoms with Crippen molar-refractivity contribution >= 4 is 12.0 Å². The highest BCUT2D eigenvalue weighted by Crippen LogP contribution is 2.13. The number of nitrogens with zero attached hydrogens (tertiary/aromatic N) is 1. The second-order valence-corrected chi connectivity index (χ2v) is 5.75. The third-order valence-corrected chi connectivity index (χ3v) is 3.12. The average molecular weight is 292 g/mol. The van der Waals surface area contributed by atoms with Crippen LogP contribution in [0.1, 0.15) is 37.9 Å². The quantitative estimate of drug-likeness (QED) is 0.847. The molecular weight excluding hydrogens is 268 g/mol. The molecule has 1 atom stereocenters. The molecule has 1 aromatic rings. The van der Waals surface area contributed by atoms with Crippen LogP contribution >= 0.6 is 0 Å². The fourth-order valence-electron chi connectivity index (χ4n) is 2.04. The summed E-state index contributed by atoms with van der Waals surface area (Å²) in [6.45, 7) is 7.92. The minimum absolute atomic E-state index is 0.165. The Morgan fingerprint density at radius 2 is 1.76 bits per heavy atom. The predicted molar refractivity (Wildman–Crippen MR) is 82.2 cm³/mol. The molecule has 2 amide bonds. The topological polar surface area (TPSA) is 69.6 Å². The summed E-state index contributed by atoms with van der Waals surface area (Å²) >= 11 is 0. The van der Waals surface area contributed by atoms with E-state index in [1.54, 1.807) is 0 Å². The van der Waals surface area contributed by atoms with Crippen LogP contribution in [0.25, 0.3) is 0 Å². The molecule has 0 heterocycles. The normalized spacial score (nSPS) is 12.0. The van der Waals surface area contributed by atoms with E-state index in [0.29, 0.717) is 6.54 Å². The third kappa shape index (κ3) is 5.85. The molecule has 21 heavy (non-hydrogen) atoms. The van der Waals surface area contributed by atoms with Gasteiger partial charge in [-0.1, -0.05) is 43.7 Å². The number of urea groups is 1. The molecule has 0 spiro atoms. The van der Waals surface area contributed by atoms with E-state index in [1.807, 2.05) is 52.0 Å². The van der Waals surface area contributed by atoms with Crippen molar-refractivity contribution in [3.8, 4) is 0 Å². The van der Waals surface area contributed by atoms with Crippen LogP contribution in [0, 0.1) is 12.8 Å². The molecule has 0 aliphatic rings. The number of amides is 2. The van der Waals surface area contributed by atoms with E-state index in [4.69, 9.17) is 5.11 Å². The van der Waals surface area contributed by atoms with Crippen LogP contribution in [-0.2, 0) is 4.79 Å². The maximum Gasteiger partial charge on any atom is 0.323 e. The molecule has 0 saturated heterocycles. The van der Waals surface area contributed by atoms with Crippen molar-refractivity contribution < 1.29 is 14.7 Å². The molecule has 0 aromatic heterocycles. The van der Waals surface area contributed by atoms with Crippen LogP contribution < -0.4 is 5.32 Å². The number of hydrogen-bond acceptors (Lipinski definition) is 2. The van der Waals surface area contributed by atoms with Gasteiger partial charge in [0.1, 0.15) is 6.54 Å². The zero-order chi connectivity index (χ0) is 16.0. The van der Waals surface area contributed by atoms with Gasteiger partial charge in [0, 0.05) is 6.54 Å². The highest BCUT2D eigenvalue weighted by molar-refractivity contribution is 5.80. The smallest absolute Gasteiger partial charge is 0.323 e. The van der Waals surface area contributed by atoms with Crippen molar-refractivity contribution in [1.29, 1.82) is 0 Å². The van der Waals surface area contributed by atoms with Crippen LogP contribution in [0.2, 0.25) is 0 Å². The summed E-state index contributed by atoms with van der Waals surface area (Å²) in [6, 6.07) is 7.39. The molecule has 0 fully saturated rings. The molecule has 0 aliphatic carbocycles. The Kier molecular flexibility index (Phi) is 6.21. The van der Waals surface area contributed by atoms with E-state index in [9.17, 15) is 9.59 Å². The number of carboxylic acids is 1. The summed E-state index contributed by atoms with van der Waals surface area (Å²) in [5, 5.41) is 11.8. The standard InChI is InChI=1S/C16H24N2O3/c1-11(2)9-18(10-15(19)20)16(21)17-13(4)14-7-5-12(3)6-8-14/h5-8,11,13H,9-10H2,1-4H3,(H,17,21)(H,19,20). The fourth-order valence-corrected chi connectivity index (χ4v) is 2.04. The lowest BCUT2D eigenvalue weighted by Crippen LogP contribution is -2.45. The van der Waals surface area contributed by atoms with Crippen molar-refractivity contribution in [2.24, 2.45) is 5.92 Å². The van der Waals surface area contributed by atoms with Crippen LogP contribution in [0.3, 0.4) is 0 Å². The first kappa shape index (κ1) is 17.0. The van der Waals surface area contributed by atoms with Crippen molar-refractivity contribution in [3.05, 3.63) is 35.4 Å². The van der Waals surface area contributed by atoms with Gasteiger partial charge in [-0.05, 0) is 25.3 Å². The van der Waals surface area contributed by atoms with Crippen molar-refractivity contribution in [2.75, 3.05) is 13.1 Å². The number of benzene rings is 1. The van der Waals surface area contributed by atoms with Crippen molar-refractivity contribution in [1.82, 2.24) is 10.2 Å². The van der Waals surface area contributed by atoms with Gasteiger partial charge >= 0.3 is 12.0 Å². The third-order valence-electron chi connectivity index (χ3n) is 3.12. The van der Waals surface area contributed by atoms with Gasteiger partial charge in [-0.25, -0.2) is 4.79 Å². The Morgan fingerprint density at radius 1 is 1.19 bits per heavy atom. The van der Waals surface area contributed by atoms with Gasteiger partial charge in [0.15, 0.2) is 0 Å². The summed E-state index contributed by atoms with van der Waals surface area (Å²) in [5.41, 5.74) is 2.15. The highest BCUT2D eigenvalue weighted by Gasteiger charge is 2.19. The summed E-state index contributed by atoms with van der Waals surface area (Å²) in [4.78, 5) is 24.4. The van der Waals surface area contributed by atoms with E-state index >= 15 is 0 Å². The molecule has 0 aliphatic heterocycles. The molecule has 1 aromatic carbocycles. The van der Waals surface area contributed by atoms with Crippen molar-refractivity contribution in [3.63, 3.8) is 0 Å². The number of aliphatic carboxylic acids is 1. The first-order valence-corrected chi connectivity index (χ1v) is 7.13. The Morgan fingerprint density at radius 3 is 2.24 bits per heavy atom. The van der Waals surface area contributed by atoms with Crippen LogP contribution in [-0.4, -0.2) is 35.1 Å². The average Bonchev–Trinajstić information content (AvgIpc) is 2.37. The molecule has 0 saturated carbocycles. The zero-order valence-corrected chi connectivity index (χ0v) is 13.1. The number of aryl methyl sites for hydroxylation is 1. The van der Waals surface area contributed by atoms with Gasteiger partial charge in [-0.15, -0.1) is 0 Å². The molecule has 0 radical (unpaired) electrons. The molecule has 2 N–H and O–H groups in total. The minimum Gasteiger partial charge on any atom is -0.480 e. The van der Waals surface area contributed by atoms with Gasteiger partial charge in [-0.2, -0.15) is 0 Å². The molecule has 1 rings (SSSR count). The fraction of sp³-hybridized carbons (Fsp3) is 0.500. The number of nitrogens with one attached hydrogen (secondary N) is 1. The summed E-state index contributed by atoms with van der Waals surface area (Å²) in [7, 11) is 0. The SMILES string of the molecule is Cc1ccc(C(C)NC(=O)N(CC(=O)O)CC(C)C)cc1. The second-order valence-electron chi connectivity index (χ2n) is 5.75. The predicted octanol–water partition coefficient (Wildman–Crippen LogP) is 2.81. The van der Waals surface area contributed by atoms with Crippen LogP contribution in [0.5, 0.6) is 0 Å². The lowest BCUT2D eigenvalue weighted by molar-refractivity contribution is -0.137. The highest BCUT2D eigenvalue weighted by atomic mass is 16.4. The van der Waals surface area contributed by atoms with Gasteiger partial charge in [0.2, 0.25) is 0 Å². The maximum atomic E-state index is 12.2. The van der Waals surface area contributed by atoms with Crippen LogP contribution in [0.4, 0.5) is 4.79 Å². The minimum atomic E-state index is -1.01. The largest absolute Gasteiger partial charge is 0.480 e. The molecular formula is C16H24N2O3. The summed E-state index contributed by atoms with van der Waals surface area (Å²) in [5.74, 6) is -0.793. The number of rotatable bonds is 6. The number of hydrogen-bond donors (Lipinski definition) is 2. The Hall–Kier alpha value is -2.04. The number of carbonyl (C=O) groups excluding carboxylic acids is 1. The summed E-state index contributed by atoms with van der Waals surface area (Å²) < 4.78 is 0. The monoisotopic (exact) mass is 292 g/mol. The van der Waals surface area contributed by atoms with E-state index in [2.05, 4.69) is 5.32 Å². The van der Waals surface area contributed by atoms with Gasteiger partial charge in [0.05, 0.1) is 6.04 Å². The molecule has 1 unspecified atom stereocenters. The van der Waals surface area contributed by atoms with Crippen molar-refractivity contribution in [2.45, 2.75) is 33.7 Å². The first-order valence-electron chi connectivity index (χ1n) is 7.13. The Labute approximate surface area is 126 Å². The van der Waals surface area contributed by atoms with Gasteiger partial charge in [-0.3, -0.25) is 4.79 Å². The number of carbonyl (C=O) groups is 2. The van der Waals surface area contributed by atoms with E-state index < -0.39 is 5.97 Å². The van der Waals surface area contributed by atoms with Gasteiger partial charge in [0.25, 0.3) is 0 Å². The second kappa shape index (κ2) is 7.67. The molecule has 5 heteroatoms. The Bertz CT molecular complexity index is 483. The van der Waals surface area contributed by atoms with E-state index in [0.717, 1.165) is 11.1 Å². The lowest BCUT2D eigenvalue weighted by atomic mass is 10.1. The Balaban J connectivity index is 2.70. The summed E-state index contributed by atoms with van der Waals surface area (Å²) in [6.07, 6.45) is 0. The molecule has 116 valence electrons. The molecule has 0 bridgehead atoms. The van der Waals surface area contributed by atoms with E-state index in [-0.39, 0.29) is 24.5 Å². The number of carboxylic acid groups (broad SMARTS) is 1. The first-order chi connectivity index (χ1) is 9.79. The zero-order valence-electron chi connectivity index (χ0n) is 13.1. The van der Waals surface area contributed by atoms with E-state index in [1.165, 1.54) is 4.90 Å². The van der Waals surface area contributed by atoms with Crippen LogP contribution in [0.15, 0.2) is 24.3 Å². The maximum absolute atomic E-state index is 12.2.